The minimum atomic E-state index is 0.943. The molecule has 8 aromatic rings. The van der Waals surface area contributed by atoms with Crippen LogP contribution in [-0.4, -0.2) is 14.5 Å². The third-order valence-electron chi connectivity index (χ3n) is 8.25. The van der Waals surface area contributed by atoms with Crippen molar-refractivity contribution in [3.8, 4) is 50.5 Å². The van der Waals surface area contributed by atoms with Crippen molar-refractivity contribution >= 4 is 32.5 Å². The summed E-state index contributed by atoms with van der Waals surface area (Å²) in [6, 6.07) is 45.5. The number of thiophene rings is 1. The zero-order valence-electron chi connectivity index (χ0n) is 24.5. The van der Waals surface area contributed by atoms with Crippen LogP contribution < -0.4 is 0 Å². The van der Waals surface area contributed by atoms with Gasteiger partial charge in [0.1, 0.15) is 5.82 Å². The first-order chi connectivity index (χ1) is 21.6. The molecule has 0 aliphatic carbocycles. The van der Waals surface area contributed by atoms with Crippen LogP contribution in [0.15, 0.2) is 139 Å². The number of imidazole rings is 1. The summed E-state index contributed by atoms with van der Waals surface area (Å²) in [5.74, 6) is 0.943. The van der Waals surface area contributed by atoms with Crippen molar-refractivity contribution in [3.05, 3.63) is 150 Å². The van der Waals surface area contributed by atoms with Crippen molar-refractivity contribution in [2.45, 2.75) is 13.8 Å². The molecular formula is C40H29N3S. The maximum absolute atomic E-state index is 5.35. The Labute approximate surface area is 260 Å². The molecule has 0 radical (unpaired) electrons. The number of hydrogen-bond donors (Lipinski definition) is 0. The van der Waals surface area contributed by atoms with Gasteiger partial charge < -0.3 is 0 Å². The van der Waals surface area contributed by atoms with E-state index in [1.807, 2.05) is 13.1 Å². The fraction of sp³-hybridized carbons (Fsp3) is 0.0500. The number of rotatable bonds is 5. The van der Waals surface area contributed by atoms with Crippen molar-refractivity contribution < 1.29 is 0 Å². The summed E-state index contributed by atoms with van der Waals surface area (Å²) in [4.78, 5) is 9.76. The van der Waals surface area contributed by atoms with Crippen molar-refractivity contribution in [1.29, 1.82) is 0 Å². The first-order valence-corrected chi connectivity index (χ1v) is 15.7. The summed E-state index contributed by atoms with van der Waals surface area (Å²) < 4.78 is 3.63. The molecule has 0 aliphatic heterocycles. The van der Waals surface area contributed by atoms with Crippen LogP contribution in [0.2, 0.25) is 0 Å². The highest BCUT2D eigenvalue weighted by Gasteiger charge is 2.23. The maximum atomic E-state index is 5.35. The van der Waals surface area contributed by atoms with Crippen LogP contribution in [0.1, 0.15) is 11.3 Å². The topological polar surface area (TPSA) is 30.7 Å². The standard InChI is InChI=1S/C40H29N3S/c1-26-21-32(28-11-5-3-6-12-28)39(33(22-26)29-13-7-4-8-14-29)43-37-16-10-9-15-36(37)42-40(43)35-25-44-38-18-17-30(24-34(35)38)31-19-20-41-27(2)23-31/h3-25H,1-2H3. The number of benzene rings is 5. The Morgan fingerprint density at radius 1 is 0.591 bits per heavy atom. The molecule has 3 aromatic heterocycles. The average Bonchev–Trinajstić information content (AvgIpc) is 3.66. The second-order valence-electron chi connectivity index (χ2n) is 11.2. The van der Waals surface area contributed by atoms with Crippen molar-refractivity contribution in [2.24, 2.45) is 0 Å². The van der Waals surface area contributed by atoms with E-state index in [2.05, 4.69) is 149 Å². The molecule has 3 heterocycles. The van der Waals surface area contributed by atoms with E-state index in [-0.39, 0.29) is 0 Å². The van der Waals surface area contributed by atoms with Gasteiger partial charge in [-0.15, -0.1) is 11.3 Å². The van der Waals surface area contributed by atoms with Crippen molar-refractivity contribution in [2.75, 3.05) is 0 Å². The Morgan fingerprint density at radius 2 is 1.25 bits per heavy atom. The van der Waals surface area contributed by atoms with Gasteiger partial charge in [-0.25, -0.2) is 4.98 Å². The Balaban J connectivity index is 1.47. The molecule has 0 unspecified atom stereocenters. The van der Waals surface area contributed by atoms with Crippen LogP contribution in [-0.2, 0) is 0 Å². The number of nitrogens with zero attached hydrogens (tertiary/aromatic N) is 3. The molecule has 0 aliphatic rings. The van der Waals surface area contributed by atoms with E-state index >= 15 is 0 Å². The number of para-hydroxylation sites is 2. The largest absolute Gasteiger partial charge is 0.291 e. The third-order valence-corrected chi connectivity index (χ3v) is 9.22. The lowest BCUT2D eigenvalue weighted by Gasteiger charge is -2.20. The molecule has 5 aromatic carbocycles. The summed E-state index contributed by atoms with van der Waals surface area (Å²) in [5.41, 5.74) is 13.6. The van der Waals surface area contributed by atoms with Crippen LogP contribution in [0.4, 0.5) is 0 Å². The van der Waals surface area contributed by atoms with Crippen LogP contribution in [0.25, 0.3) is 71.6 Å². The molecule has 4 heteroatoms. The molecule has 0 saturated heterocycles. The molecule has 0 spiro atoms. The highest BCUT2D eigenvalue weighted by Crippen LogP contribution is 2.43. The molecule has 0 amide bonds. The van der Waals surface area contributed by atoms with Crippen molar-refractivity contribution in [1.82, 2.24) is 14.5 Å². The molecule has 0 N–H and O–H groups in total. The van der Waals surface area contributed by atoms with Crippen LogP contribution in [0.3, 0.4) is 0 Å². The van der Waals surface area contributed by atoms with Gasteiger partial charge in [0.2, 0.25) is 0 Å². The summed E-state index contributed by atoms with van der Waals surface area (Å²) >= 11 is 1.77. The summed E-state index contributed by atoms with van der Waals surface area (Å²) in [6.45, 7) is 4.22. The zero-order valence-corrected chi connectivity index (χ0v) is 25.3. The predicted molar refractivity (Wildman–Crippen MR) is 185 cm³/mol. The van der Waals surface area contributed by atoms with Crippen LogP contribution >= 0.6 is 11.3 Å². The van der Waals surface area contributed by atoms with Crippen LogP contribution in [0.5, 0.6) is 0 Å². The first-order valence-electron chi connectivity index (χ1n) is 14.8. The number of hydrogen-bond acceptors (Lipinski definition) is 3. The van der Waals surface area contributed by atoms with Gasteiger partial charge in [0.05, 0.1) is 16.7 Å². The average molecular weight is 584 g/mol. The Kier molecular flexibility index (Phi) is 6.43. The van der Waals surface area contributed by atoms with Gasteiger partial charge in [-0.1, -0.05) is 78.9 Å². The SMILES string of the molecule is Cc1cc(-c2ccccc2)c(-n2c(-c3csc4ccc(-c5ccnc(C)c5)cc34)nc3ccccc32)c(-c2ccccc2)c1. The summed E-state index contributed by atoms with van der Waals surface area (Å²) in [6.07, 6.45) is 1.89. The molecule has 44 heavy (non-hydrogen) atoms. The normalized spacial score (nSPS) is 11.4. The van der Waals surface area contributed by atoms with Gasteiger partial charge in [0, 0.05) is 44.0 Å². The predicted octanol–water partition coefficient (Wildman–Crippen LogP) is 10.9. The molecule has 210 valence electrons. The summed E-state index contributed by atoms with van der Waals surface area (Å²) in [5, 5.41) is 3.47. The number of pyridine rings is 1. The van der Waals surface area contributed by atoms with Crippen LogP contribution in [0, 0.1) is 13.8 Å². The number of fused-ring (bicyclic) bond motifs is 2. The van der Waals surface area contributed by atoms with Gasteiger partial charge >= 0.3 is 0 Å². The van der Waals surface area contributed by atoms with E-state index < -0.39 is 0 Å². The Morgan fingerprint density at radius 3 is 1.95 bits per heavy atom. The Bertz CT molecular complexity index is 2230. The minimum Gasteiger partial charge on any atom is -0.291 e. The third kappa shape index (κ3) is 4.52. The lowest BCUT2D eigenvalue weighted by Crippen LogP contribution is -2.03. The van der Waals surface area contributed by atoms with Gasteiger partial charge in [-0.3, -0.25) is 9.55 Å². The second kappa shape index (κ2) is 10.7. The highest BCUT2D eigenvalue weighted by molar-refractivity contribution is 7.17. The van der Waals surface area contributed by atoms with E-state index in [0.717, 1.165) is 33.8 Å². The quantitative estimate of drug-likeness (QED) is 0.202. The molecule has 8 rings (SSSR count). The van der Waals surface area contributed by atoms with Gasteiger partial charge in [0.25, 0.3) is 0 Å². The van der Waals surface area contributed by atoms with E-state index in [9.17, 15) is 0 Å². The zero-order chi connectivity index (χ0) is 29.6. The lowest BCUT2D eigenvalue weighted by molar-refractivity contribution is 1.11. The minimum absolute atomic E-state index is 0.943. The van der Waals surface area contributed by atoms with E-state index in [1.54, 1.807) is 11.3 Å². The van der Waals surface area contributed by atoms with E-state index in [4.69, 9.17) is 4.98 Å². The van der Waals surface area contributed by atoms with E-state index in [0.29, 0.717) is 0 Å². The molecule has 3 nitrogen and oxygen atoms in total. The number of aryl methyl sites for hydroxylation is 2. The molecule has 0 bridgehead atoms. The Hall–Kier alpha value is -5.32. The van der Waals surface area contributed by atoms with Gasteiger partial charge in [-0.2, -0.15) is 0 Å². The number of aromatic nitrogens is 3. The monoisotopic (exact) mass is 583 g/mol. The fourth-order valence-electron chi connectivity index (χ4n) is 6.24. The summed E-state index contributed by atoms with van der Waals surface area (Å²) in [7, 11) is 0. The molecule has 0 fully saturated rings. The highest BCUT2D eigenvalue weighted by atomic mass is 32.1. The first kappa shape index (κ1) is 26.3. The van der Waals surface area contributed by atoms with Crippen molar-refractivity contribution in [3.63, 3.8) is 0 Å². The lowest BCUT2D eigenvalue weighted by atomic mass is 9.93. The smallest absolute Gasteiger partial charge is 0.147 e. The maximum Gasteiger partial charge on any atom is 0.147 e. The molecular weight excluding hydrogens is 555 g/mol. The van der Waals surface area contributed by atoms with Gasteiger partial charge in [0.15, 0.2) is 0 Å². The second-order valence-corrected chi connectivity index (χ2v) is 12.2. The van der Waals surface area contributed by atoms with Gasteiger partial charge in [-0.05, 0) is 90.2 Å². The molecule has 0 saturated carbocycles. The van der Waals surface area contributed by atoms with E-state index in [1.165, 1.54) is 49.0 Å². The molecule has 0 atom stereocenters. The fourth-order valence-corrected chi connectivity index (χ4v) is 7.15.